The van der Waals surface area contributed by atoms with Gasteiger partial charge in [-0.15, -0.1) is 11.3 Å². The lowest BCUT2D eigenvalue weighted by Gasteiger charge is -2.31. The Kier molecular flexibility index (Phi) is 6.42. The highest BCUT2D eigenvalue weighted by Gasteiger charge is 2.28. The monoisotopic (exact) mass is 366 g/mol. The molecule has 2 unspecified atom stereocenters. The van der Waals surface area contributed by atoms with Crippen LogP contribution in [0, 0.1) is 5.92 Å². The van der Waals surface area contributed by atoms with E-state index in [1.165, 1.54) is 11.3 Å². The number of carboxylic acid groups (broad SMARTS) is 1. The van der Waals surface area contributed by atoms with Crippen LogP contribution in [0.1, 0.15) is 72.0 Å². The Hall–Kier alpha value is -1.47. The summed E-state index contributed by atoms with van der Waals surface area (Å²) in [6, 6.07) is 0.0780. The van der Waals surface area contributed by atoms with E-state index in [2.05, 4.69) is 10.3 Å². The number of carbonyl (C=O) groups is 2. The number of rotatable bonds is 6. The molecule has 1 saturated heterocycles. The third kappa shape index (κ3) is 5.01. The summed E-state index contributed by atoms with van der Waals surface area (Å²) in [6.07, 6.45) is 8.55. The average Bonchev–Trinajstić information content (AvgIpc) is 3.12. The predicted octanol–water partition coefficient (Wildman–Crippen LogP) is 3.19. The fraction of sp³-hybridized carbons (Fsp3) is 0.722. The van der Waals surface area contributed by atoms with Gasteiger partial charge in [0.25, 0.3) is 5.91 Å². The van der Waals surface area contributed by atoms with Gasteiger partial charge in [-0.1, -0.05) is 12.8 Å². The van der Waals surface area contributed by atoms with Crippen LogP contribution in [0.4, 0.5) is 0 Å². The molecular formula is C18H26N2O4S. The molecule has 0 aromatic carbocycles. The molecule has 138 valence electrons. The second kappa shape index (κ2) is 8.76. The maximum absolute atomic E-state index is 12.6. The fourth-order valence-corrected chi connectivity index (χ4v) is 4.81. The van der Waals surface area contributed by atoms with Crippen LogP contribution in [-0.4, -0.2) is 41.2 Å². The Labute approximate surface area is 152 Å². The van der Waals surface area contributed by atoms with E-state index in [9.17, 15) is 9.59 Å². The molecule has 1 aliphatic heterocycles. The SMILES string of the molecule is O=C(O)CCC1CCCCC1NC(=O)c1cnc(C2CCOCC2)s1. The van der Waals surface area contributed by atoms with Crippen molar-refractivity contribution in [1.29, 1.82) is 0 Å². The second-order valence-corrected chi connectivity index (χ2v) is 8.07. The zero-order valence-corrected chi connectivity index (χ0v) is 15.2. The predicted molar refractivity (Wildman–Crippen MR) is 95.0 cm³/mol. The minimum atomic E-state index is -0.765. The van der Waals surface area contributed by atoms with E-state index in [4.69, 9.17) is 9.84 Å². The summed E-state index contributed by atoms with van der Waals surface area (Å²) < 4.78 is 5.38. The van der Waals surface area contributed by atoms with E-state index in [-0.39, 0.29) is 24.3 Å². The number of aromatic nitrogens is 1. The van der Waals surface area contributed by atoms with Crippen molar-refractivity contribution in [2.45, 2.75) is 63.3 Å². The number of ether oxygens (including phenoxy) is 1. The fourth-order valence-electron chi connectivity index (χ4n) is 3.82. The number of nitrogens with zero attached hydrogens (tertiary/aromatic N) is 1. The van der Waals surface area contributed by atoms with Crippen molar-refractivity contribution < 1.29 is 19.4 Å². The van der Waals surface area contributed by atoms with Gasteiger partial charge in [0.2, 0.25) is 0 Å². The van der Waals surface area contributed by atoms with Crippen molar-refractivity contribution >= 4 is 23.2 Å². The minimum absolute atomic E-state index is 0.0666. The molecule has 2 atom stereocenters. The van der Waals surface area contributed by atoms with E-state index in [1.807, 2.05) is 0 Å². The van der Waals surface area contributed by atoms with Gasteiger partial charge in [-0.2, -0.15) is 0 Å². The van der Waals surface area contributed by atoms with Gasteiger partial charge >= 0.3 is 5.97 Å². The van der Waals surface area contributed by atoms with Gasteiger partial charge in [0, 0.05) is 31.6 Å². The van der Waals surface area contributed by atoms with Crippen LogP contribution in [0.5, 0.6) is 0 Å². The zero-order valence-electron chi connectivity index (χ0n) is 14.4. The zero-order chi connectivity index (χ0) is 17.6. The number of aliphatic carboxylic acids is 1. The maximum atomic E-state index is 12.6. The van der Waals surface area contributed by atoms with E-state index in [0.29, 0.717) is 17.2 Å². The summed E-state index contributed by atoms with van der Waals surface area (Å²) in [5, 5.41) is 13.1. The highest BCUT2D eigenvalue weighted by molar-refractivity contribution is 7.13. The Bertz CT molecular complexity index is 598. The molecule has 3 rings (SSSR count). The Morgan fingerprint density at radius 2 is 2.00 bits per heavy atom. The summed E-state index contributed by atoms with van der Waals surface area (Å²) in [5.41, 5.74) is 0. The molecular weight excluding hydrogens is 340 g/mol. The molecule has 1 aromatic rings. The van der Waals surface area contributed by atoms with E-state index >= 15 is 0 Å². The molecule has 1 amide bonds. The molecule has 0 bridgehead atoms. The van der Waals surface area contributed by atoms with Crippen molar-refractivity contribution in [3.05, 3.63) is 16.1 Å². The van der Waals surface area contributed by atoms with Gasteiger partial charge in [-0.3, -0.25) is 9.59 Å². The van der Waals surface area contributed by atoms with Crippen LogP contribution in [-0.2, 0) is 9.53 Å². The molecule has 2 N–H and O–H groups in total. The smallest absolute Gasteiger partial charge is 0.303 e. The van der Waals surface area contributed by atoms with E-state index in [1.54, 1.807) is 6.20 Å². The number of hydrogen-bond donors (Lipinski definition) is 2. The molecule has 6 nitrogen and oxygen atoms in total. The molecule has 1 aliphatic carbocycles. The number of thiazole rings is 1. The van der Waals surface area contributed by atoms with E-state index in [0.717, 1.165) is 56.7 Å². The molecule has 1 aromatic heterocycles. The van der Waals surface area contributed by atoms with Gasteiger partial charge in [-0.05, 0) is 38.0 Å². The average molecular weight is 366 g/mol. The normalized spacial score (nSPS) is 24.8. The minimum Gasteiger partial charge on any atom is -0.481 e. The number of nitrogens with one attached hydrogen (secondary N) is 1. The lowest BCUT2D eigenvalue weighted by Crippen LogP contribution is -2.42. The summed E-state index contributed by atoms with van der Waals surface area (Å²) in [4.78, 5) is 28.6. The van der Waals surface area contributed by atoms with E-state index < -0.39 is 5.97 Å². The molecule has 25 heavy (non-hydrogen) atoms. The van der Waals surface area contributed by atoms with Crippen LogP contribution in [0.3, 0.4) is 0 Å². The first-order chi connectivity index (χ1) is 12.1. The molecule has 7 heteroatoms. The highest BCUT2D eigenvalue weighted by Crippen LogP contribution is 2.31. The van der Waals surface area contributed by atoms with Crippen LogP contribution in [0.15, 0.2) is 6.20 Å². The van der Waals surface area contributed by atoms with Crippen LogP contribution < -0.4 is 5.32 Å². The first-order valence-corrected chi connectivity index (χ1v) is 10.0. The summed E-state index contributed by atoms with van der Waals surface area (Å²) in [6.45, 7) is 1.53. The van der Waals surface area contributed by atoms with Crippen LogP contribution in [0.25, 0.3) is 0 Å². The Morgan fingerprint density at radius 1 is 1.24 bits per heavy atom. The topological polar surface area (TPSA) is 88.5 Å². The lowest BCUT2D eigenvalue weighted by atomic mass is 9.81. The van der Waals surface area contributed by atoms with Gasteiger partial charge < -0.3 is 15.2 Å². The van der Waals surface area contributed by atoms with Crippen molar-refractivity contribution in [3.63, 3.8) is 0 Å². The highest BCUT2D eigenvalue weighted by atomic mass is 32.1. The van der Waals surface area contributed by atoms with Gasteiger partial charge in [0.05, 0.1) is 11.2 Å². The lowest BCUT2D eigenvalue weighted by molar-refractivity contribution is -0.137. The number of carboxylic acids is 1. The number of hydrogen-bond acceptors (Lipinski definition) is 5. The number of amides is 1. The van der Waals surface area contributed by atoms with Crippen molar-refractivity contribution in [1.82, 2.24) is 10.3 Å². The van der Waals surface area contributed by atoms with Gasteiger partial charge in [0.15, 0.2) is 0 Å². The van der Waals surface area contributed by atoms with Crippen LogP contribution in [0.2, 0.25) is 0 Å². The molecule has 1 saturated carbocycles. The standard InChI is InChI=1S/C18H26N2O4S/c21-16(22)6-5-12-3-1-2-4-14(12)20-17(23)15-11-19-18(25-15)13-7-9-24-10-8-13/h11-14H,1-10H2,(H,20,23)(H,21,22). The molecule has 2 fully saturated rings. The van der Waals surface area contributed by atoms with Gasteiger partial charge in [-0.25, -0.2) is 4.98 Å². The molecule has 2 aliphatic rings. The van der Waals surface area contributed by atoms with Crippen molar-refractivity contribution in [3.8, 4) is 0 Å². The van der Waals surface area contributed by atoms with Crippen molar-refractivity contribution in [2.24, 2.45) is 5.92 Å². The summed E-state index contributed by atoms with van der Waals surface area (Å²) in [5.74, 6) is -0.169. The first-order valence-electron chi connectivity index (χ1n) is 9.19. The number of carbonyl (C=O) groups excluding carboxylic acids is 1. The summed E-state index contributed by atoms with van der Waals surface area (Å²) >= 11 is 1.48. The third-order valence-electron chi connectivity index (χ3n) is 5.27. The first kappa shape index (κ1) is 18.3. The Balaban J connectivity index is 1.58. The van der Waals surface area contributed by atoms with Crippen molar-refractivity contribution in [2.75, 3.05) is 13.2 Å². The molecule has 0 radical (unpaired) electrons. The largest absolute Gasteiger partial charge is 0.481 e. The van der Waals surface area contributed by atoms with Crippen LogP contribution >= 0.6 is 11.3 Å². The third-order valence-corrected chi connectivity index (χ3v) is 6.43. The summed E-state index contributed by atoms with van der Waals surface area (Å²) in [7, 11) is 0. The maximum Gasteiger partial charge on any atom is 0.303 e. The molecule has 0 spiro atoms. The Morgan fingerprint density at radius 3 is 2.76 bits per heavy atom. The molecule has 2 heterocycles. The quantitative estimate of drug-likeness (QED) is 0.807. The van der Waals surface area contributed by atoms with Gasteiger partial charge in [0.1, 0.15) is 4.88 Å². The second-order valence-electron chi connectivity index (χ2n) is 7.01.